The van der Waals surface area contributed by atoms with E-state index in [0.717, 1.165) is 23.2 Å². The summed E-state index contributed by atoms with van der Waals surface area (Å²) in [6.07, 6.45) is 3.02. The lowest BCUT2D eigenvalue weighted by Gasteiger charge is -2.85. The van der Waals surface area contributed by atoms with Crippen LogP contribution >= 0.6 is 0 Å². The Morgan fingerprint density at radius 1 is 1.06 bits per heavy atom. The lowest BCUT2D eigenvalue weighted by Crippen LogP contribution is -2.80. The van der Waals surface area contributed by atoms with Gasteiger partial charge in [0, 0.05) is 0 Å². The molecular weight excluding hydrogens is 192 g/mol. The Balaban J connectivity index is 2.12. The van der Waals surface area contributed by atoms with Crippen molar-refractivity contribution in [3.05, 3.63) is 0 Å². The van der Waals surface area contributed by atoms with Crippen LogP contribution in [0.15, 0.2) is 0 Å². The minimum atomic E-state index is 0.574. The van der Waals surface area contributed by atoms with Gasteiger partial charge >= 0.3 is 0 Å². The molecule has 4 rings (SSSR count). The zero-order chi connectivity index (χ0) is 12.1. The van der Waals surface area contributed by atoms with E-state index in [1.165, 1.54) is 12.8 Å². The van der Waals surface area contributed by atoms with E-state index in [1.807, 2.05) is 0 Å². The third-order valence-corrected chi connectivity index (χ3v) is 8.58. The Morgan fingerprint density at radius 3 is 2.06 bits per heavy atom. The molecule has 0 amide bonds. The van der Waals surface area contributed by atoms with Crippen LogP contribution in [-0.4, -0.2) is 0 Å². The molecule has 4 aliphatic rings. The summed E-state index contributed by atoms with van der Waals surface area (Å²) in [5, 5.41) is 0. The Bertz CT molecular complexity index is 353. The average molecular weight is 220 g/mol. The highest BCUT2D eigenvalue weighted by atomic mass is 14.9. The van der Waals surface area contributed by atoms with E-state index in [4.69, 9.17) is 0 Å². The molecule has 0 aromatic carbocycles. The lowest BCUT2D eigenvalue weighted by molar-refractivity contribution is -0.376. The van der Waals surface area contributed by atoms with Gasteiger partial charge in [0.25, 0.3) is 0 Å². The molecule has 1 spiro atoms. The van der Waals surface area contributed by atoms with Crippen molar-refractivity contribution < 1.29 is 0 Å². The van der Waals surface area contributed by atoms with Crippen LogP contribution in [0.5, 0.6) is 0 Å². The van der Waals surface area contributed by atoms with Crippen LogP contribution < -0.4 is 0 Å². The van der Waals surface area contributed by atoms with Gasteiger partial charge < -0.3 is 0 Å². The van der Waals surface area contributed by atoms with Crippen LogP contribution in [0.25, 0.3) is 0 Å². The van der Waals surface area contributed by atoms with E-state index in [0.29, 0.717) is 16.2 Å². The van der Waals surface area contributed by atoms with Crippen LogP contribution in [-0.2, 0) is 0 Å². The summed E-state index contributed by atoms with van der Waals surface area (Å²) in [7, 11) is 0. The maximum atomic E-state index is 2.62. The summed E-state index contributed by atoms with van der Waals surface area (Å²) in [6.45, 7) is 17.7. The monoisotopic (exact) mass is 220 g/mol. The molecule has 4 fully saturated rings. The largest absolute Gasteiger partial charge is 0.0622 e. The molecule has 0 radical (unpaired) electrons. The van der Waals surface area contributed by atoms with Gasteiger partial charge in [0.1, 0.15) is 0 Å². The van der Waals surface area contributed by atoms with Crippen molar-refractivity contribution in [2.75, 3.05) is 0 Å². The second-order valence-corrected chi connectivity index (χ2v) is 8.14. The van der Waals surface area contributed by atoms with Gasteiger partial charge in [-0.3, -0.25) is 0 Å². The first-order valence-electron chi connectivity index (χ1n) is 7.18. The van der Waals surface area contributed by atoms with Gasteiger partial charge in [-0.05, 0) is 52.3 Å². The van der Waals surface area contributed by atoms with Crippen LogP contribution in [0.3, 0.4) is 0 Å². The molecule has 4 saturated carbocycles. The van der Waals surface area contributed by atoms with E-state index in [1.54, 1.807) is 0 Å². The van der Waals surface area contributed by atoms with Crippen LogP contribution in [0, 0.1) is 39.4 Å². The average Bonchev–Trinajstić information content (AvgIpc) is 2.58. The van der Waals surface area contributed by atoms with Gasteiger partial charge in [0.05, 0.1) is 0 Å². The highest BCUT2D eigenvalue weighted by Gasteiger charge is 2.90. The van der Waals surface area contributed by atoms with Gasteiger partial charge in [-0.1, -0.05) is 48.5 Å². The molecule has 2 bridgehead atoms. The SMILES string of the molecule is CC1CC23CC1(C)C2(C)C(C)(C(C)C)C3C. The minimum absolute atomic E-state index is 0.574. The summed E-state index contributed by atoms with van der Waals surface area (Å²) in [5.41, 5.74) is 2.56. The maximum Gasteiger partial charge on any atom is -0.0151 e. The van der Waals surface area contributed by atoms with Crippen molar-refractivity contribution >= 4 is 0 Å². The van der Waals surface area contributed by atoms with Crippen molar-refractivity contribution in [1.29, 1.82) is 0 Å². The van der Waals surface area contributed by atoms with Crippen LogP contribution in [0.2, 0.25) is 0 Å². The van der Waals surface area contributed by atoms with E-state index in [9.17, 15) is 0 Å². The lowest BCUT2D eigenvalue weighted by atomic mass is 9.19. The zero-order valence-corrected chi connectivity index (χ0v) is 12.1. The van der Waals surface area contributed by atoms with E-state index >= 15 is 0 Å². The third kappa shape index (κ3) is 0.616. The number of fused-ring (bicyclic) bond motifs is 1. The Morgan fingerprint density at radius 2 is 1.62 bits per heavy atom. The van der Waals surface area contributed by atoms with Gasteiger partial charge in [0.15, 0.2) is 0 Å². The number of rotatable bonds is 1. The highest BCUT2D eigenvalue weighted by Crippen LogP contribution is 2.96. The fraction of sp³-hybridized carbons (Fsp3) is 1.00. The fourth-order valence-corrected chi connectivity index (χ4v) is 7.11. The topological polar surface area (TPSA) is 0 Å². The Kier molecular flexibility index (Phi) is 1.67. The molecule has 6 unspecified atom stereocenters. The number of hydrogen-bond acceptors (Lipinski definition) is 0. The van der Waals surface area contributed by atoms with E-state index < -0.39 is 0 Å². The Hall–Kier alpha value is 0. The molecule has 0 heterocycles. The molecule has 0 aromatic rings. The first-order valence-corrected chi connectivity index (χ1v) is 7.18. The summed E-state index contributed by atoms with van der Waals surface area (Å²) in [5.74, 6) is 2.70. The van der Waals surface area contributed by atoms with Crippen molar-refractivity contribution in [1.82, 2.24) is 0 Å². The van der Waals surface area contributed by atoms with E-state index in [-0.39, 0.29) is 0 Å². The second-order valence-electron chi connectivity index (χ2n) is 8.14. The van der Waals surface area contributed by atoms with Gasteiger partial charge in [-0.2, -0.15) is 0 Å². The van der Waals surface area contributed by atoms with Crippen molar-refractivity contribution in [2.45, 2.75) is 61.3 Å². The molecule has 16 heavy (non-hydrogen) atoms. The minimum Gasteiger partial charge on any atom is -0.0622 e. The van der Waals surface area contributed by atoms with Crippen LogP contribution in [0.1, 0.15) is 61.3 Å². The molecule has 0 N–H and O–H groups in total. The molecule has 4 aliphatic carbocycles. The zero-order valence-electron chi connectivity index (χ0n) is 12.1. The molecule has 92 valence electrons. The predicted molar refractivity (Wildman–Crippen MR) is 69.2 cm³/mol. The standard InChI is InChI=1S/C16H28/c1-10(2)14(6)12(4)16-8-11(3)13(5,9-16)15(14,16)7/h10-12H,8-9H2,1-7H3. The van der Waals surface area contributed by atoms with E-state index in [2.05, 4.69) is 48.5 Å². The van der Waals surface area contributed by atoms with Gasteiger partial charge in [-0.25, -0.2) is 0 Å². The quantitative estimate of drug-likeness (QED) is 0.598. The number of hydrogen-bond donors (Lipinski definition) is 0. The van der Waals surface area contributed by atoms with Crippen molar-refractivity contribution in [3.63, 3.8) is 0 Å². The fourth-order valence-electron chi connectivity index (χ4n) is 7.11. The van der Waals surface area contributed by atoms with Crippen molar-refractivity contribution in [2.24, 2.45) is 39.4 Å². The second kappa shape index (κ2) is 2.40. The summed E-state index contributed by atoms with van der Waals surface area (Å²) in [6, 6.07) is 0. The first kappa shape index (κ1) is 11.1. The Labute approximate surface area is 101 Å². The molecule has 0 aromatic heterocycles. The van der Waals surface area contributed by atoms with Crippen LogP contribution in [0.4, 0.5) is 0 Å². The third-order valence-electron chi connectivity index (χ3n) is 8.58. The normalized spacial score (nSPS) is 67.5. The maximum absolute atomic E-state index is 2.62. The van der Waals surface area contributed by atoms with Gasteiger partial charge in [0.2, 0.25) is 0 Å². The predicted octanol–water partition coefficient (Wildman–Crippen LogP) is 4.74. The molecular formula is C16H28. The molecule has 0 nitrogen and oxygen atoms in total. The summed E-state index contributed by atoms with van der Waals surface area (Å²) in [4.78, 5) is 0. The molecule has 0 heteroatoms. The summed E-state index contributed by atoms with van der Waals surface area (Å²) < 4.78 is 0. The molecule has 0 aliphatic heterocycles. The first-order chi connectivity index (χ1) is 7.18. The smallest absolute Gasteiger partial charge is 0.0151 e. The molecule has 0 saturated heterocycles. The molecule has 6 atom stereocenters. The summed E-state index contributed by atoms with van der Waals surface area (Å²) >= 11 is 0. The van der Waals surface area contributed by atoms with Gasteiger partial charge in [-0.15, -0.1) is 0 Å². The highest BCUT2D eigenvalue weighted by molar-refractivity contribution is 5.37. The van der Waals surface area contributed by atoms with Crippen molar-refractivity contribution in [3.8, 4) is 0 Å².